The van der Waals surface area contributed by atoms with Crippen molar-refractivity contribution in [2.45, 2.75) is 18.2 Å². The first kappa shape index (κ1) is 16.7. The number of hydrogen-bond acceptors (Lipinski definition) is 5. The minimum absolute atomic E-state index is 0.0162. The van der Waals surface area contributed by atoms with Crippen LogP contribution in [-0.4, -0.2) is 49.4 Å². The molecule has 0 fully saturated rings. The van der Waals surface area contributed by atoms with Crippen LogP contribution in [0.2, 0.25) is 0 Å². The molecule has 0 saturated carbocycles. The Bertz CT molecular complexity index is 449. The van der Waals surface area contributed by atoms with Crippen molar-refractivity contribution in [2.75, 3.05) is 27.1 Å². The van der Waals surface area contributed by atoms with E-state index in [0.29, 0.717) is 17.1 Å². The first-order valence-electron chi connectivity index (χ1n) is 6.23. The van der Waals surface area contributed by atoms with E-state index in [1.165, 1.54) is 18.9 Å². The number of carbonyl (C=O) groups is 1. The van der Waals surface area contributed by atoms with Crippen LogP contribution in [0, 0.1) is 0 Å². The van der Waals surface area contributed by atoms with Gasteiger partial charge < -0.3 is 19.9 Å². The van der Waals surface area contributed by atoms with Crippen molar-refractivity contribution in [3.63, 3.8) is 0 Å². The highest BCUT2D eigenvalue weighted by Gasteiger charge is 2.20. The Morgan fingerprint density at radius 3 is 2.60 bits per heavy atom. The number of methoxy groups -OCH3 is 2. The molecule has 2 atom stereocenters. The minimum atomic E-state index is -0.232. The van der Waals surface area contributed by atoms with Gasteiger partial charge in [-0.05, 0) is 25.3 Å². The molecule has 0 aliphatic rings. The monoisotopic (exact) mass is 299 g/mol. The molecule has 5 nitrogen and oxygen atoms in total. The Balaban J connectivity index is 2.86. The standard InChI is InChI=1S/C14H21NO4S/c1-9(13(8-16)20-4)15-14(17)11-6-5-10(18-2)7-12(11)19-3/h5-7,9,13,16H,8H2,1-4H3,(H,15,17). The van der Waals surface area contributed by atoms with Crippen molar-refractivity contribution in [3.05, 3.63) is 23.8 Å². The second kappa shape index (κ2) is 8.01. The zero-order valence-corrected chi connectivity index (χ0v) is 13.0. The van der Waals surface area contributed by atoms with Crippen molar-refractivity contribution in [3.8, 4) is 11.5 Å². The highest BCUT2D eigenvalue weighted by molar-refractivity contribution is 7.99. The summed E-state index contributed by atoms with van der Waals surface area (Å²) in [5, 5.41) is 12.1. The van der Waals surface area contributed by atoms with E-state index in [1.807, 2.05) is 13.2 Å². The molecule has 0 aromatic heterocycles. The van der Waals surface area contributed by atoms with E-state index in [1.54, 1.807) is 25.3 Å². The molecular formula is C14H21NO4S. The Kier molecular flexibility index (Phi) is 6.67. The predicted octanol–water partition coefficient (Wildman–Crippen LogP) is 1.55. The lowest BCUT2D eigenvalue weighted by atomic mass is 10.1. The quantitative estimate of drug-likeness (QED) is 0.799. The Labute approximate surface area is 123 Å². The fraction of sp³-hybridized carbons (Fsp3) is 0.500. The van der Waals surface area contributed by atoms with E-state index in [4.69, 9.17) is 9.47 Å². The number of aliphatic hydroxyl groups is 1. The third-order valence-electron chi connectivity index (χ3n) is 3.05. The summed E-state index contributed by atoms with van der Waals surface area (Å²) in [6, 6.07) is 4.89. The lowest BCUT2D eigenvalue weighted by Gasteiger charge is -2.21. The zero-order valence-electron chi connectivity index (χ0n) is 12.2. The van der Waals surface area contributed by atoms with Crippen LogP contribution in [0.5, 0.6) is 11.5 Å². The van der Waals surface area contributed by atoms with Gasteiger partial charge in [-0.2, -0.15) is 11.8 Å². The van der Waals surface area contributed by atoms with Gasteiger partial charge in [0.15, 0.2) is 0 Å². The second-order valence-corrected chi connectivity index (χ2v) is 5.36. The molecule has 0 saturated heterocycles. The molecule has 112 valence electrons. The zero-order chi connectivity index (χ0) is 15.1. The first-order valence-corrected chi connectivity index (χ1v) is 7.52. The third kappa shape index (κ3) is 4.05. The number of thioether (sulfide) groups is 1. The van der Waals surface area contributed by atoms with Crippen molar-refractivity contribution < 1.29 is 19.4 Å². The first-order chi connectivity index (χ1) is 9.57. The summed E-state index contributed by atoms with van der Waals surface area (Å²) in [6.07, 6.45) is 1.90. The molecule has 0 aliphatic carbocycles. The highest BCUT2D eigenvalue weighted by atomic mass is 32.2. The van der Waals surface area contributed by atoms with Crippen LogP contribution < -0.4 is 14.8 Å². The van der Waals surface area contributed by atoms with Crippen molar-refractivity contribution in [1.82, 2.24) is 5.32 Å². The molecule has 2 N–H and O–H groups in total. The number of nitrogens with one attached hydrogen (secondary N) is 1. The molecule has 2 unspecified atom stereocenters. The van der Waals surface area contributed by atoms with Crippen LogP contribution >= 0.6 is 11.8 Å². The van der Waals surface area contributed by atoms with E-state index >= 15 is 0 Å². The lowest BCUT2D eigenvalue weighted by Crippen LogP contribution is -2.41. The normalized spacial score (nSPS) is 13.4. The molecule has 6 heteroatoms. The number of rotatable bonds is 7. The molecular weight excluding hydrogens is 278 g/mol. The van der Waals surface area contributed by atoms with E-state index in [0.717, 1.165) is 0 Å². The van der Waals surface area contributed by atoms with Gasteiger partial charge in [-0.25, -0.2) is 0 Å². The number of amides is 1. The average Bonchev–Trinajstić information content (AvgIpc) is 2.47. The van der Waals surface area contributed by atoms with Crippen LogP contribution in [0.1, 0.15) is 17.3 Å². The topological polar surface area (TPSA) is 67.8 Å². The summed E-state index contributed by atoms with van der Waals surface area (Å²) < 4.78 is 10.3. The number of benzene rings is 1. The summed E-state index contributed by atoms with van der Waals surface area (Å²) in [4.78, 5) is 12.2. The summed E-state index contributed by atoms with van der Waals surface area (Å²) in [6.45, 7) is 1.88. The van der Waals surface area contributed by atoms with Crippen LogP contribution in [0.25, 0.3) is 0 Å². The number of carbonyl (C=O) groups excluding carboxylic acids is 1. The number of hydrogen-bond donors (Lipinski definition) is 2. The predicted molar refractivity (Wildman–Crippen MR) is 80.9 cm³/mol. The average molecular weight is 299 g/mol. The maximum atomic E-state index is 12.2. The van der Waals surface area contributed by atoms with Gasteiger partial charge in [0.2, 0.25) is 0 Å². The second-order valence-electron chi connectivity index (χ2n) is 4.29. The molecule has 1 rings (SSSR count). The molecule has 0 spiro atoms. The molecule has 0 aliphatic heterocycles. The summed E-state index contributed by atoms with van der Waals surface area (Å²) in [5.41, 5.74) is 0.443. The number of aliphatic hydroxyl groups excluding tert-OH is 1. The van der Waals surface area contributed by atoms with Gasteiger partial charge in [0.25, 0.3) is 5.91 Å². The Hall–Kier alpha value is -1.40. The van der Waals surface area contributed by atoms with Gasteiger partial charge in [0, 0.05) is 17.4 Å². The van der Waals surface area contributed by atoms with Crippen molar-refractivity contribution in [1.29, 1.82) is 0 Å². The molecule has 20 heavy (non-hydrogen) atoms. The highest BCUT2D eigenvalue weighted by Crippen LogP contribution is 2.24. The largest absolute Gasteiger partial charge is 0.497 e. The van der Waals surface area contributed by atoms with Crippen molar-refractivity contribution >= 4 is 17.7 Å². The van der Waals surface area contributed by atoms with Crippen LogP contribution in [0.3, 0.4) is 0 Å². The van der Waals surface area contributed by atoms with Gasteiger partial charge >= 0.3 is 0 Å². The van der Waals surface area contributed by atoms with Crippen LogP contribution in [-0.2, 0) is 0 Å². The Morgan fingerprint density at radius 1 is 1.40 bits per heavy atom. The molecule has 0 bridgehead atoms. The van der Waals surface area contributed by atoms with Crippen LogP contribution in [0.15, 0.2) is 18.2 Å². The fourth-order valence-electron chi connectivity index (χ4n) is 1.80. The molecule has 0 heterocycles. The van der Waals surface area contributed by atoms with Gasteiger partial charge in [-0.3, -0.25) is 4.79 Å². The van der Waals surface area contributed by atoms with E-state index in [9.17, 15) is 9.90 Å². The molecule has 1 amide bonds. The smallest absolute Gasteiger partial charge is 0.255 e. The maximum Gasteiger partial charge on any atom is 0.255 e. The fourth-order valence-corrected chi connectivity index (χ4v) is 2.43. The van der Waals surface area contributed by atoms with E-state index in [2.05, 4.69) is 5.32 Å². The van der Waals surface area contributed by atoms with Gasteiger partial charge in [-0.15, -0.1) is 0 Å². The van der Waals surface area contributed by atoms with Crippen molar-refractivity contribution in [2.24, 2.45) is 0 Å². The van der Waals surface area contributed by atoms with E-state index < -0.39 is 0 Å². The molecule has 0 radical (unpaired) electrons. The summed E-state index contributed by atoms with van der Waals surface area (Å²) in [7, 11) is 3.06. The molecule has 1 aromatic carbocycles. The van der Waals surface area contributed by atoms with Gasteiger partial charge in [0.1, 0.15) is 11.5 Å². The lowest BCUT2D eigenvalue weighted by molar-refractivity contribution is 0.0933. The summed E-state index contributed by atoms with van der Waals surface area (Å²) in [5.74, 6) is 0.854. The SMILES string of the molecule is COc1ccc(C(=O)NC(C)C(CO)SC)c(OC)c1. The third-order valence-corrected chi connectivity index (χ3v) is 4.22. The summed E-state index contributed by atoms with van der Waals surface area (Å²) >= 11 is 1.52. The maximum absolute atomic E-state index is 12.2. The van der Waals surface area contributed by atoms with Crippen LogP contribution in [0.4, 0.5) is 0 Å². The molecule has 1 aromatic rings. The van der Waals surface area contributed by atoms with E-state index in [-0.39, 0.29) is 23.8 Å². The number of ether oxygens (including phenoxy) is 2. The van der Waals surface area contributed by atoms with Gasteiger partial charge in [-0.1, -0.05) is 0 Å². The minimum Gasteiger partial charge on any atom is -0.497 e. The van der Waals surface area contributed by atoms with Gasteiger partial charge in [0.05, 0.1) is 26.4 Å². The Morgan fingerprint density at radius 2 is 2.10 bits per heavy atom.